The van der Waals surface area contributed by atoms with E-state index in [-0.39, 0.29) is 12.2 Å². The predicted octanol–water partition coefficient (Wildman–Crippen LogP) is 4.82. The van der Waals surface area contributed by atoms with Crippen LogP contribution in [0.3, 0.4) is 0 Å². The molecule has 1 saturated heterocycles. The van der Waals surface area contributed by atoms with Crippen molar-refractivity contribution < 1.29 is 14.3 Å². The topological polar surface area (TPSA) is 50.8 Å². The first-order valence-corrected chi connectivity index (χ1v) is 10.2. The Morgan fingerprint density at radius 1 is 1.12 bits per heavy atom. The molecule has 5 nitrogen and oxygen atoms in total. The molecule has 2 atom stereocenters. The number of rotatable bonds is 7. The predicted molar refractivity (Wildman–Crippen MR) is 104 cm³/mol. The average molecular weight is 360 g/mol. The number of unbranched alkanes of at least 4 members (excludes halogenated alkanes) is 1. The van der Waals surface area contributed by atoms with E-state index in [1.165, 1.54) is 19.3 Å². The number of amides is 1. The van der Waals surface area contributed by atoms with Gasteiger partial charge in [-0.1, -0.05) is 19.8 Å². The minimum absolute atomic E-state index is 0.0125. The Morgan fingerprint density at radius 2 is 1.85 bits per heavy atom. The van der Waals surface area contributed by atoms with E-state index in [4.69, 9.17) is 9.47 Å². The molecule has 3 rings (SSSR count). The van der Waals surface area contributed by atoms with Crippen LogP contribution >= 0.6 is 0 Å². The van der Waals surface area contributed by atoms with Gasteiger partial charge in [0.15, 0.2) is 0 Å². The highest BCUT2D eigenvalue weighted by molar-refractivity contribution is 5.84. The molecule has 1 aromatic carbocycles. The van der Waals surface area contributed by atoms with Crippen LogP contribution < -0.4 is 10.1 Å². The standard InChI is InChI=1S/C21H32N2O3/c1-2-3-16-25-18-12-10-17(11-13-18)22-21(24)26-20-9-5-4-8-19(20)23-14-6-7-15-23/h10-13,19-20H,2-9,14-16H2,1H3,(H,22,24). The van der Waals surface area contributed by atoms with Crippen LogP contribution in [0, 0.1) is 0 Å². The second kappa shape index (κ2) is 9.81. The van der Waals surface area contributed by atoms with E-state index in [0.717, 1.165) is 63.2 Å². The van der Waals surface area contributed by atoms with E-state index in [1.54, 1.807) is 0 Å². The van der Waals surface area contributed by atoms with Crippen molar-refractivity contribution in [2.24, 2.45) is 0 Å². The summed E-state index contributed by atoms with van der Waals surface area (Å²) in [7, 11) is 0. The number of carbonyl (C=O) groups excluding carboxylic acids is 1. The normalized spacial score (nSPS) is 23.6. The molecular formula is C21H32N2O3. The van der Waals surface area contributed by atoms with Gasteiger partial charge in [0, 0.05) is 11.7 Å². The van der Waals surface area contributed by atoms with Crippen LogP contribution in [0.25, 0.3) is 0 Å². The van der Waals surface area contributed by atoms with E-state index >= 15 is 0 Å². The SMILES string of the molecule is CCCCOc1ccc(NC(=O)OC2CCCCC2N2CCCC2)cc1. The van der Waals surface area contributed by atoms with Gasteiger partial charge in [0.1, 0.15) is 11.9 Å². The molecule has 0 aromatic heterocycles. The molecule has 1 heterocycles. The van der Waals surface area contributed by atoms with Crippen molar-refractivity contribution in [3.63, 3.8) is 0 Å². The Balaban J connectivity index is 1.49. The Morgan fingerprint density at radius 3 is 2.58 bits per heavy atom. The second-order valence-corrected chi connectivity index (χ2v) is 7.39. The lowest BCUT2D eigenvalue weighted by Crippen LogP contribution is -2.46. The summed E-state index contributed by atoms with van der Waals surface area (Å²) in [5, 5.41) is 2.86. The van der Waals surface area contributed by atoms with Gasteiger partial charge < -0.3 is 9.47 Å². The largest absolute Gasteiger partial charge is 0.494 e. The lowest BCUT2D eigenvalue weighted by atomic mass is 9.91. The van der Waals surface area contributed by atoms with E-state index in [1.807, 2.05) is 24.3 Å². The Hall–Kier alpha value is -1.75. The van der Waals surface area contributed by atoms with Crippen molar-refractivity contribution in [1.82, 2.24) is 4.90 Å². The third-order valence-corrected chi connectivity index (χ3v) is 5.40. The molecular weight excluding hydrogens is 328 g/mol. The summed E-state index contributed by atoms with van der Waals surface area (Å²) >= 11 is 0. The smallest absolute Gasteiger partial charge is 0.411 e. The van der Waals surface area contributed by atoms with Gasteiger partial charge in [-0.05, 0) is 75.9 Å². The van der Waals surface area contributed by atoms with Gasteiger partial charge >= 0.3 is 6.09 Å². The zero-order valence-corrected chi connectivity index (χ0v) is 15.9. The number of benzene rings is 1. The monoisotopic (exact) mass is 360 g/mol. The van der Waals surface area contributed by atoms with E-state index in [2.05, 4.69) is 17.1 Å². The van der Waals surface area contributed by atoms with Crippen LogP contribution in [0.15, 0.2) is 24.3 Å². The van der Waals surface area contributed by atoms with Gasteiger partial charge in [0.25, 0.3) is 0 Å². The first-order valence-electron chi connectivity index (χ1n) is 10.2. The quantitative estimate of drug-likeness (QED) is 0.708. The number of carbonyl (C=O) groups is 1. The van der Waals surface area contributed by atoms with Crippen molar-refractivity contribution in [3.05, 3.63) is 24.3 Å². The number of hydrogen-bond donors (Lipinski definition) is 1. The fourth-order valence-electron chi connectivity index (χ4n) is 3.96. The Bertz CT molecular complexity index is 555. The highest BCUT2D eigenvalue weighted by Gasteiger charge is 2.34. The number of nitrogens with one attached hydrogen (secondary N) is 1. The molecule has 1 amide bonds. The molecule has 1 saturated carbocycles. The highest BCUT2D eigenvalue weighted by atomic mass is 16.6. The summed E-state index contributed by atoms with van der Waals surface area (Å²) in [5.74, 6) is 0.832. The fourth-order valence-corrected chi connectivity index (χ4v) is 3.96. The van der Waals surface area contributed by atoms with Crippen molar-refractivity contribution in [1.29, 1.82) is 0 Å². The average Bonchev–Trinajstić information content (AvgIpc) is 3.18. The summed E-state index contributed by atoms with van der Waals surface area (Å²) in [6.45, 7) is 5.16. The van der Waals surface area contributed by atoms with Gasteiger partial charge in [-0.3, -0.25) is 10.2 Å². The molecule has 0 bridgehead atoms. The second-order valence-electron chi connectivity index (χ2n) is 7.39. The van der Waals surface area contributed by atoms with Gasteiger partial charge in [-0.2, -0.15) is 0 Å². The van der Waals surface area contributed by atoms with Crippen molar-refractivity contribution in [2.75, 3.05) is 25.0 Å². The van der Waals surface area contributed by atoms with Crippen LogP contribution in [0.1, 0.15) is 58.3 Å². The van der Waals surface area contributed by atoms with Gasteiger partial charge in [-0.15, -0.1) is 0 Å². The number of ether oxygens (including phenoxy) is 2. The van der Waals surface area contributed by atoms with Gasteiger partial charge in [0.05, 0.1) is 6.61 Å². The van der Waals surface area contributed by atoms with Crippen molar-refractivity contribution in [3.8, 4) is 5.75 Å². The van der Waals surface area contributed by atoms with E-state index < -0.39 is 0 Å². The number of hydrogen-bond acceptors (Lipinski definition) is 4. The molecule has 2 unspecified atom stereocenters. The molecule has 26 heavy (non-hydrogen) atoms. The molecule has 1 N–H and O–H groups in total. The number of anilines is 1. The lowest BCUT2D eigenvalue weighted by molar-refractivity contribution is 0.0176. The molecule has 0 radical (unpaired) electrons. The van der Waals surface area contributed by atoms with Crippen LogP contribution in [-0.4, -0.2) is 42.8 Å². The van der Waals surface area contributed by atoms with Gasteiger partial charge in [-0.25, -0.2) is 4.79 Å². The van der Waals surface area contributed by atoms with Crippen LogP contribution in [0.2, 0.25) is 0 Å². The molecule has 1 aliphatic heterocycles. The maximum atomic E-state index is 12.4. The summed E-state index contributed by atoms with van der Waals surface area (Å²) in [6, 6.07) is 7.90. The molecule has 5 heteroatoms. The van der Waals surface area contributed by atoms with E-state index in [9.17, 15) is 4.79 Å². The zero-order chi connectivity index (χ0) is 18.2. The highest BCUT2D eigenvalue weighted by Crippen LogP contribution is 2.28. The summed E-state index contributed by atoms with van der Waals surface area (Å²) in [4.78, 5) is 14.9. The Labute approximate surface area is 157 Å². The molecule has 2 fully saturated rings. The molecule has 0 spiro atoms. The van der Waals surface area contributed by atoms with Crippen LogP contribution in [0.5, 0.6) is 5.75 Å². The first kappa shape index (κ1) is 19.0. The fraction of sp³-hybridized carbons (Fsp3) is 0.667. The summed E-state index contributed by atoms with van der Waals surface area (Å²) in [6.07, 6.45) is 8.86. The van der Waals surface area contributed by atoms with Crippen molar-refractivity contribution in [2.45, 2.75) is 70.4 Å². The molecule has 1 aliphatic carbocycles. The minimum Gasteiger partial charge on any atom is -0.494 e. The van der Waals surface area contributed by atoms with Crippen molar-refractivity contribution >= 4 is 11.8 Å². The third-order valence-electron chi connectivity index (χ3n) is 5.40. The maximum absolute atomic E-state index is 12.4. The zero-order valence-electron chi connectivity index (χ0n) is 15.9. The Kier molecular flexibility index (Phi) is 7.18. The molecule has 2 aliphatic rings. The maximum Gasteiger partial charge on any atom is 0.411 e. The molecule has 1 aromatic rings. The number of likely N-dealkylation sites (tertiary alicyclic amines) is 1. The summed E-state index contributed by atoms with van der Waals surface area (Å²) < 4.78 is 11.5. The van der Waals surface area contributed by atoms with Crippen LogP contribution in [-0.2, 0) is 4.74 Å². The molecule has 144 valence electrons. The third kappa shape index (κ3) is 5.37. The number of nitrogens with zero attached hydrogens (tertiary/aromatic N) is 1. The van der Waals surface area contributed by atoms with E-state index in [0.29, 0.717) is 6.04 Å². The van der Waals surface area contributed by atoms with Gasteiger partial charge in [0.2, 0.25) is 0 Å². The summed E-state index contributed by atoms with van der Waals surface area (Å²) in [5.41, 5.74) is 0.742. The minimum atomic E-state index is -0.347. The lowest BCUT2D eigenvalue weighted by Gasteiger charge is -2.37. The first-order chi connectivity index (χ1) is 12.8. The van der Waals surface area contributed by atoms with Crippen LogP contribution in [0.4, 0.5) is 10.5 Å².